The Kier molecular flexibility index (Phi) is 4.19. The number of benzene rings is 2. The van der Waals surface area contributed by atoms with Gasteiger partial charge >= 0.3 is 5.97 Å². The summed E-state index contributed by atoms with van der Waals surface area (Å²) in [5.41, 5.74) is 5.98. The number of carbonyl (C=O) groups is 1. The quantitative estimate of drug-likeness (QED) is 0.301. The van der Waals surface area contributed by atoms with E-state index in [1.165, 1.54) is 35.1 Å². The second-order valence-corrected chi connectivity index (χ2v) is 9.67. The summed E-state index contributed by atoms with van der Waals surface area (Å²) in [5, 5.41) is 0. The van der Waals surface area contributed by atoms with Crippen molar-refractivity contribution in [1.82, 2.24) is 0 Å². The number of esters is 1. The first-order chi connectivity index (χ1) is 13.2. The maximum atomic E-state index is 11.5. The molecular formula is C26H28O2. The first-order valence-electron chi connectivity index (χ1n) is 10.1. The molecule has 0 saturated heterocycles. The zero-order valence-electron chi connectivity index (χ0n) is 17.3. The molecule has 0 aliphatic heterocycles. The van der Waals surface area contributed by atoms with E-state index >= 15 is 0 Å². The molecule has 1 saturated carbocycles. The zero-order valence-corrected chi connectivity index (χ0v) is 17.3. The minimum atomic E-state index is -0.653. The van der Waals surface area contributed by atoms with Gasteiger partial charge in [-0.25, -0.2) is 4.79 Å². The van der Waals surface area contributed by atoms with Gasteiger partial charge in [-0.3, -0.25) is 0 Å². The first-order valence-corrected chi connectivity index (χ1v) is 10.1. The van der Waals surface area contributed by atoms with E-state index in [0.717, 1.165) is 12.8 Å². The summed E-state index contributed by atoms with van der Waals surface area (Å²) in [5.74, 6) is 1.88. The lowest BCUT2D eigenvalue weighted by Crippen LogP contribution is -2.34. The largest absolute Gasteiger partial charge is 0.417 e. The molecule has 2 aliphatic carbocycles. The van der Waals surface area contributed by atoms with Gasteiger partial charge in [0.25, 0.3) is 0 Å². The van der Waals surface area contributed by atoms with Crippen LogP contribution in [-0.4, -0.2) is 5.97 Å². The lowest BCUT2D eigenvalue weighted by atomic mass is 9.62. The van der Waals surface area contributed by atoms with Gasteiger partial charge < -0.3 is 4.74 Å². The monoisotopic (exact) mass is 372 g/mol. The number of rotatable bonds is 3. The summed E-state index contributed by atoms with van der Waals surface area (Å²) >= 11 is 0. The smallest absolute Gasteiger partial charge is 0.389 e. The van der Waals surface area contributed by atoms with Gasteiger partial charge in [-0.15, -0.1) is 6.42 Å². The summed E-state index contributed by atoms with van der Waals surface area (Å²) in [7, 11) is 0. The van der Waals surface area contributed by atoms with Crippen LogP contribution in [-0.2, 0) is 21.0 Å². The molecule has 0 heterocycles. The second kappa shape index (κ2) is 6.24. The third kappa shape index (κ3) is 3.04. The van der Waals surface area contributed by atoms with Crippen molar-refractivity contribution in [3.05, 3.63) is 64.7 Å². The number of terminal acetylenes is 1. The minimum Gasteiger partial charge on any atom is -0.417 e. The van der Waals surface area contributed by atoms with Gasteiger partial charge in [0, 0.05) is 11.3 Å². The molecule has 2 aromatic rings. The Hall–Kier alpha value is -2.53. The van der Waals surface area contributed by atoms with Crippen LogP contribution in [0, 0.1) is 12.3 Å². The third-order valence-corrected chi connectivity index (χ3v) is 6.87. The van der Waals surface area contributed by atoms with Crippen molar-refractivity contribution in [2.75, 3.05) is 0 Å². The van der Waals surface area contributed by atoms with Crippen LogP contribution in [0.15, 0.2) is 42.5 Å². The topological polar surface area (TPSA) is 26.3 Å². The van der Waals surface area contributed by atoms with Crippen LogP contribution in [0.4, 0.5) is 0 Å². The number of ether oxygens (including phenoxy) is 1. The molecule has 0 unspecified atom stereocenters. The molecule has 2 heteroatoms. The van der Waals surface area contributed by atoms with Crippen molar-refractivity contribution in [3.63, 3.8) is 0 Å². The number of fused-ring (bicyclic) bond motifs is 1. The number of hydrogen-bond donors (Lipinski definition) is 0. The predicted molar refractivity (Wildman–Crippen MR) is 113 cm³/mol. The summed E-state index contributed by atoms with van der Waals surface area (Å²) in [4.78, 5) is 11.5. The highest BCUT2D eigenvalue weighted by Gasteiger charge is 2.47. The lowest BCUT2D eigenvalue weighted by molar-refractivity contribution is -0.128. The van der Waals surface area contributed by atoms with Gasteiger partial charge in [-0.2, -0.15) is 0 Å². The van der Waals surface area contributed by atoms with Crippen LogP contribution in [0.2, 0.25) is 0 Å². The molecule has 2 aromatic carbocycles. The Balaban J connectivity index is 1.75. The fourth-order valence-corrected chi connectivity index (χ4v) is 4.75. The first kappa shape index (κ1) is 18.8. The van der Waals surface area contributed by atoms with Crippen LogP contribution < -0.4 is 4.74 Å². The van der Waals surface area contributed by atoms with E-state index in [4.69, 9.17) is 11.2 Å². The molecule has 0 bridgehead atoms. The van der Waals surface area contributed by atoms with Crippen molar-refractivity contribution in [2.24, 2.45) is 0 Å². The molecule has 0 N–H and O–H groups in total. The van der Waals surface area contributed by atoms with E-state index in [0.29, 0.717) is 5.75 Å². The highest BCUT2D eigenvalue weighted by molar-refractivity contribution is 5.89. The van der Waals surface area contributed by atoms with E-state index in [9.17, 15) is 4.79 Å². The Bertz CT molecular complexity index is 984. The Morgan fingerprint density at radius 1 is 0.893 bits per heavy atom. The summed E-state index contributed by atoms with van der Waals surface area (Å²) in [6.07, 6.45) is 9.79. The fraction of sp³-hybridized carbons (Fsp3) is 0.423. The zero-order chi connectivity index (χ0) is 20.2. The van der Waals surface area contributed by atoms with Gasteiger partial charge in [0.15, 0.2) is 0 Å². The second-order valence-electron chi connectivity index (χ2n) is 9.67. The van der Waals surface area contributed by atoms with Gasteiger partial charge in [-0.1, -0.05) is 58.0 Å². The molecule has 144 valence electrons. The Morgan fingerprint density at radius 2 is 1.54 bits per heavy atom. The molecule has 2 nitrogen and oxygen atoms in total. The van der Waals surface area contributed by atoms with Crippen LogP contribution >= 0.6 is 0 Å². The fourth-order valence-electron chi connectivity index (χ4n) is 4.75. The van der Waals surface area contributed by atoms with Gasteiger partial charge in [0.05, 0.1) is 0 Å². The molecule has 0 radical (unpaired) electrons. The summed E-state index contributed by atoms with van der Waals surface area (Å²) in [6.45, 7) is 9.45. The van der Waals surface area contributed by atoms with Crippen molar-refractivity contribution >= 4 is 5.97 Å². The average molecular weight is 373 g/mol. The van der Waals surface area contributed by atoms with E-state index in [1.54, 1.807) is 6.07 Å². The number of hydrogen-bond acceptors (Lipinski definition) is 2. The highest BCUT2D eigenvalue weighted by atomic mass is 16.5. The molecule has 28 heavy (non-hydrogen) atoms. The normalized spacial score (nSPS) is 20.5. The van der Waals surface area contributed by atoms with E-state index in [1.807, 2.05) is 18.1 Å². The Labute approximate surface area is 168 Å². The Morgan fingerprint density at radius 3 is 2.18 bits per heavy atom. The minimum absolute atomic E-state index is 0.0191. The van der Waals surface area contributed by atoms with Crippen LogP contribution in [0.25, 0.3) is 0 Å². The van der Waals surface area contributed by atoms with E-state index < -0.39 is 5.97 Å². The lowest BCUT2D eigenvalue weighted by Gasteiger charge is -2.42. The van der Waals surface area contributed by atoms with Crippen LogP contribution in [0.1, 0.15) is 75.6 Å². The molecule has 0 atom stereocenters. The van der Waals surface area contributed by atoms with Gasteiger partial charge in [-0.05, 0) is 70.9 Å². The van der Waals surface area contributed by atoms with E-state index in [2.05, 4.69) is 52.0 Å². The third-order valence-electron chi connectivity index (χ3n) is 6.87. The molecule has 0 aromatic heterocycles. The van der Waals surface area contributed by atoms with Crippen LogP contribution in [0.5, 0.6) is 5.75 Å². The molecule has 0 spiro atoms. The van der Waals surface area contributed by atoms with Crippen molar-refractivity contribution < 1.29 is 9.53 Å². The maximum Gasteiger partial charge on any atom is 0.389 e. The van der Waals surface area contributed by atoms with Crippen molar-refractivity contribution in [2.45, 2.75) is 69.6 Å². The predicted octanol–water partition coefficient (Wildman–Crippen LogP) is 5.65. The molecule has 2 aliphatic rings. The SMILES string of the molecule is C#CC(=O)Oc1cccc(C2(c3ccc4c(c3)C(C)(C)CCC4(C)C)CC2)c1. The van der Waals surface area contributed by atoms with E-state index in [-0.39, 0.29) is 16.2 Å². The molecule has 4 rings (SSSR count). The van der Waals surface area contributed by atoms with Crippen molar-refractivity contribution in [1.29, 1.82) is 0 Å². The summed E-state index contributed by atoms with van der Waals surface area (Å²) < 4.78 is 5.24. The maximum absolute atomic E-state index is 11.5. The van der Waals surface area contributed by atoms with Crippen molar-refractivity contribution in [3.8, 4) is 18.1 Å². The standard InChI is InChI=1S/C26H28O2/c1-6-23(27)28-20-9-7-8-18(16-20)26(14-15-26)19-10-11-21-22(17-19)25(4,5)13-12-24(21,2)3/h1,7-11,16-17H,12-15H2,2-5H3. The van der Waals surface area contributed by atoms with Crippen LogP contribution in [0.3, 0.4) is 0 Å². The average Bonchev–Trinajstić information content (AvgIpc) is 3.47. The van der Waals surface area contributed by atoms with Gasteiger partial charge in [0.1, 0.15) is 5.75 Å². The highest BCUT2D eigenvalue weighted by Crippen LogP contribution is 2.56. The van der Waals surface area contributed by atoms with Gasteiger partial charge in [0.2, 0.25) is 0 Å². The molecule has 0 amide bonds. The summed E-state index contributed by atoms with van der Waals surface area (Å²) in [6, 6.07) is 14.9. The molecular weight excluding hydrogens is 344 g/mol. The number of carbonyl (C=O) groups excluding carboxylic acids is 1. The molecule has 1 fully saturated rings.